The van der Waals surface area contributed by atoms with Crippen molar-refractivity contribution in [3.63, 3.8) is 0 Å². The molecule has 128 valence electrons. The maximum Gasteiger partial charge on any atom is 0.270 e. The van der Waals surface area contributed by atoms with E-state index in [1.807, 2.05) is 32.0 Å². The lowest BCUT2D eigenvalue weighted by molar-refractivity contribution is -0.384. The number of nitro groups is 1. The molecular formula is C18H17N3O3S. The maximum atomic E-state index is 11.9. The van der Waals surface area contributed by atoms with E-state index in [-0.39, 0.29) is 10.8 Å². The molecule has 0 heterocycles. The van der Waals surface area contributed by atoms with Gasteiger partial charge >= 0.3 is 0 Å². The number of non-ortho nitro benzene ring substituents is 1. The number of thiocarbonyl (C=S) groups is 1. The molecule has 25 heavy (non-hydrogen) atoms. The largest absolute Gasteiger partial charge is 0.332 e. The second-order valence-corrected chi connectivity index (χ2v) is 5.84. The molecule has 2 rings (SSSR count). The van der Waals surface area contributed by atoms with Crippen LogP contribution >= 0.6 is 12.2 Å². The number of nitrogens with one attached hydrogen (secondary N) is 2. The van der Waals surface area contributed by atoms with E-state index in [0.717, 1.165) is 11.3 Å². The number of amides is 1. The molecule has 2 aromatic carbocycles. The van der Waals surface area contributed by atoms with Gasteiger partial charge in [-0.25, -0.2) is 0 Å². The van der Waals surface area contributed by atoms with Gasteiger partial charge < -0.3 is 5.32 Å². The Kier molecular flexibility index (Phi) is 5.97. The minimum Gasteiger partial charge on any atom is -0.332 e. The Morgan fingerprint density at radius 3 is 2.60 bits per heavy atom. The molecule has 0 radical (unpaired) electrons. The Morgan fingerprint density at radius 1 is 1.16 bits per heavy atom. The third kappa shape index (κ3) is 5.50. The van der Waals surface area contributed by atoms with Crippen LogP contribution in [0, 0.1) is 24.0 Å². The molecule has 7 heteroatoms. The van der Waals surface area contributed by atoms with Crippen molar-refractivity contribution in [3.05, 3.63) is 75.3 Å². The van der Waals surface area contributed by atoms with Crippen molar-refractivity contribution in [3.8, 4) is 0 Å². The Hall–Kier alpha value is -3.06. The van der Waals surface area contributed by atoms with E-state index in [0.29, 0.717) is 5.56 Å². The van der Waals surface area contributed by atoms with Crippen molar-refractivity contribution < 1.29 is 9.72 Å². The first-order valence-corrected chi connectivity index (χ1v) is 7.88. The van der Waals surface area contributed by atoms with E-state index in [2.05, 4.69) is 10.6 Å². The van der Waals surface area contributed by atoms with Gasteiger partial charge in [0.1, 0.15) is 0 Å². The number of carbonyl (C=O) groups excluding carboxylic acids is 1. The number of hydrogen-bond donors (Lipinski definition) is 2. The Labute approximate surface area is 150 Å². The highest BCUT2D eigenvalue weighted by molar-refractivity contribution is 7.80. The number of aryl methyl sites for hydroxylation is 2. The second kappa shape index (κ2) is 8.16. The molecule has 0 aromatic heterocycles. The average Bonchev–Trinajstić information content (AvgIpc) is 2.56. The molecule has 0 saturated carbocycles. The monoisotopic (exact) mass is 355 g/mol. The van der Waals surface area contributed by atoms with Crippen molar-refractivity contribution in [1.82, 2.24) is 5.32 Å². The Morgan fingerprint density at radius 2 is 1.92 bits per heavy atom. The van der Waals surface area contributed by atoms with E-state index in [4.69, 9.17) is 12.2 Å². The lowest BCUT2D eigenvalue weighted by atomic mass is 10.1. The predicted molar refractivity (Wildman–Crippen MR) is 102 cm³/mol. The van der Waals surface area contributed by atoms with Crippen LogP contribution in [0.1, 0.15) is 16.7 Å². The Balaban J connectivity index is 1.94. The highest BCUT2D eigenvalue weighted by Crippen LogP contribution is 2.15. The summed E-state index contributed by atoms with van der Waals surface area (Å²) in [6.07, 6.45) is 2.76. The molecule has 0 aliphatic heterocycles. The Bertz CT molecular complexity index is 862. The summed E-state index contributed by atoms with van der Waals surface area (Å²) in [5.74, 6) is -0.423. The second-order valence-electron chi connectivity index (χ2n) is 5.43. The van der Waals surface area contributed by atoms with Gasteiger partial charge in [0.25, 0.3) is 5.69 Å². The first kappa shape index (κ1) is 18.3. The fourth-order valence-corrected chi connectivity index (χ4v) is 2.27. The molecule has 2 aromatic rings. The quantitative estimate of drug-likeness (QED) is 0.378. The van der Waals surface area contributed by atoms with Gasteiger partial charge in [0, 0.05) is 23.9 Å². The number of rotatable bonds is 4. The smallest absolute Gasteiger partial charge is 0.270 e. The number of hydrogen-bond acceptors (Lipinski definition) is 4. The lowest BCUT2D eigenvalue weighted by Gasteiger charge is -2.09. The van der Waals surface area contributed by atoms with Crippen LogP contribution in [0.5, 0.6) is 0 Å². The number of carbonyl (C=O) groups is 1. The number of nitrogens with zero attached hydrogens (tertiary/aromatic N) is 1. The molecule has 0 atom stereocenters. The average molecular weight is 355 g/mol. The summed E-state index contributed by atoms with van der Waals surface area (Å²) >= 11 is 5.11. The molecule has 0 aliphatic carbocycles. The molecule has 2 N–H and O–H groups in total. The first-order chi connectivity index (χ1) is 11.8. The van der Waals surface area contributed by atoms with Gasteiger partial charge in [-0.1, -0.05) is 18.2 Å². The topological polar surface area (TPSA) is 84.3 Å². The van der Waals surface area contributed by atoms with Gasteiger partial charge in [-0.15, -0.1) is 0 Å². The van der Waals surface area contributed by atoms with Gasteiger partial charge in [-0.05, 0) is 61.0 Å². The predicted octanol–water partition coefficient (Wildman–Crippen LogP) is 3.74. The summed E-state index contributed by atoms with van der Waals surface area (Å²) < 4.78 is 0. The lowest BCUT2D eigenvalue weighted by Crippen LogP contribution is -2.32. The number of nitro benzene ring substituents is 1. The van der Waals surface area contributed by atoms with Gasteiger partial charge in [-0.3, -0.25) is 20.2 Å². The normalized spacial score (nSPS) is 10.5. The summed E-state index contributed by atoms with van der Waals surface area (Å²) in [6.45, 7) is 4.00. The summed E-state index contributed by atoms with van der Waals surface area (Å²) in [4.78, 5) is 22.1. The summed E-state index contributed by atoms with van der Waals surface area (Å²) in [5.41, 5.74) is 3.59. The summed E-state index contributed by atoms with van der Waals surface area (Å²) in [6, 6.07) is 11.8. The van der Waals surface area contributed by atoms with Gasteiger partial charge in [0.2, 0.25) is 5.91 Å². The molecule has 0 saturated heterocycles. The fourth-order valence-electron chi connectivity index (χ4n) is 2.05. The maximum absolute atomic E-state index is 11.9. The van der Waals surface area contributed by atoms with E-state index in [1.54, 1.807) is 12.1 Å². The van der Waals surface area contributed by atoms with E-state index < -0.39 is 10.8 Å². The van der Waals surface area contributed by atoms with Crippen molar-refractivity contribution in [2.75, 3.05) is 5.32 Å². The number of benzene rings is 2. The highest BCUT2D eigenvalue weighted by atomic mass is 32.1. The third-order valence-corrected chi connectivity index (χ3v) is 3.71. The standard InChI is InChI=1S/C18H17N3O3S/c1-12-6-8-15(10-13(12)2)19-18(25)20-17(22)9-7-14-4-3-5-16(11-14)21(23)24/h3-11H,1-2H3,(H2,19,20,22,25)/b9-7+. The molecule has 0 unspecified atom stereocenters. The number of anilines is 1. The van der Waals surface area contributed by atoms with Gasteiger partial charge in [-0.2, -0.15) is 0 Å². The zero-order valence-corrected chi connectivity index (χ0v) is 14.6. The summed E-state index contributed by atoms with van der Waals surface area (Å²) in [7, 11) is 0. The molecule has 0 spiro atoms. The van der Waals surface area contributed by atoms with Crippen LogP contribution in [0.15, 0.2) is 48.5 Å². The van der Waals surface area contributed by atoms with Crippen molar-refractivity contribution >= 4 is 40.7 Å². The molecule has 6 nitrogen and oxygen atoms in total. The van der Waals surface area contributed by atoms with Crippen LogP contribution in [-0.4, -0.2) is 15.9 Å². The van der Waals surface area contributed by atoms with Crippen LogP contribution in [0.25, 0.3) is 6.08 Å². The van der Waals surface area contributed by atoms with E-state index in [9.17, 15) is 14.9 Å². The minimum atomic E-state index is -0.486. The molecule has 1 amide bonds. The van der Waals surface area contributed by atoms with Crippen LogP contribution in [0.2, 0.25) is 0 Å². The zero-order valence-electron chi connectivity index (χ0n) is 13.8. The molecule has 0 aliphatic rings. The van der Waals surface area contributed by atoms with Crippen molar-refractivity contribution in [2.24, 2.45) is 0 Å². The van der Waals surface area contributed by atoms with Gasteiger partial charge in [0.15, 0.2) is 5.11 Å². The molecule has 0 fully saturated rings. The van der Waals surface area contributed by atoms with Crippen LogP contribution in [0.4, 0.5) is 11.4 Å². The molecular weight excluding hydrogens is 338 g/mol. The molecule has 0 bridgehead atoms. The van der Waals surface area contributed by atoms with E-state index in [1.165, 1.54) is 29.8 Å². The highest BCUT2D eigenvalue weighted by Gasteiger charge is 2.05. The van der Waals surface area contributed by atoms with Crippen LogP contribution in [0.3, 0.4) is 0 Å². The summed E-state index contributed by atoms with van der Waals surface area (Å²) in [5, 5.41) is 16.4. The van der Waals surface area contributed by atoms with Gasteiger partial charge in [0.05, 0.1) is 4.92 Å². The fraction of sp³-hybridized carbons (Fsp3) is 0.111. The minimum absolute atomic E-state index is 0.0329. The van der Waals surface area contributed by atoms with Crippen molar-refractivity contribution in [2.45, 2.75) is 13.8 Å². The first-order valence-electron chi connectivity index (χ1n) is 7.47. The third-order valence-electron chi connectivity index (χ3n) is 3.51. The van der Waals surface area contributed by atoms with Crippen molar-refractivity contribution in [1.29, 1.82) is 0 Å². The van der Waals surface area contributed by atoms with E-state index >= 15 is 0 Å². The van der Waals surface area contributed by atoms with Crippen LogP contribution in [-0.2, 0) is 4.79 Å². The SMILES string of the molecule is Cc1ccc(NC(=S)NC(=O)/C=C/c2cccc([N+](=O)[O-])c2)cc1C. The van der Waals surface area contributed by atoms with Crippen LogP contribution < -0.4 is 10.6 Å². The zero-order chi connectivity index (χ0) is 18.4.